The van der Waals surface area contributed by atoms with E-state index in [1.807, 2.05) is 6.92 Å². The third-order valence-corrected chi connectivity index (χ3v) is 4.75. The second kappa shape index (κ2) is 6.52. The van der Waals surface area contributed by atoms with Gasteiger partial charge in [-0.1, -0.05) is 0 Å². The number of benzene rings is 1. The van der Waals surface area contributed by atoms with Gasteiger partial charge in [-0.05, 0) is 44.5 Å². The summed E-state index contributed by atoms with van der Waals surface area (Å²) >= 11 is 1.72. The summed E-state index contributed by atoms with van der Waals surface area (Å²) in [5.74, 6) is 0.362. The highest BCUT2D eigenvalue weighted by molar-refractivity contribution is 7.12. The number of amides is 3. The molecule has 0 saturated heterocycles. The van der Waals surface area contributed by atoms with E-state index in [9.17, 15) is 9.59 Å². The highest BCUT2D eigenvalue weighted by Gasteiger charge is 2.17. The van der Waals surface area contributed by atoms with Crippen molar-refractivity contribution in [2.45, 2.75) is 26.8 Å². The minimum Gasteiger partial charge on any atom is -0.482 e. The second-order valence-corrected chi connectivity index (χ2v) is 7.20. The molecular formula is C17H19N3O3S. The van der Waals surface area contributed by atoms with Gasteiger partial charge in [0.25, 0.3) is 5.91 Å². The Morgan fingerprint density at radius 2 is 2.12 bits per heavy atom. The minimum absolute atomic E-state index is 0.0174. The Morgan fingerprint density at radius 1 is 1.33 bits per heavy atom. The molecule has 0 fully saturated rings. The number of carbonyl (C=O) groups excluding carboxylic acids is 2. The summed E-state index contributed by atoms with van der Waals surface area (Å²) in [4.78, 5) is 25.9. The van der Waals surface area contributed by atoms with Crippen LogP contribution in [0.25, 0.3) is 0 Å². The van der Waals surface area contributed by atoms with Gasteiger partial charge in [0.1, 0.15) is 5.75 Å². The van der Waals surface area contributed by atoms with E-state index in [0.29, 0.717) is 17.1 Å². The maximum atomic E-state index is 12.2. The molecule has 2 heterocycles. The van der Waals surface area contributed by atoms with Crippen molar-refractivity contribution < 1.29 is 14.3 Å². The first kappa shape index (κ1) is 16.3. The summed E-state index contributed by atoms with van der Waals surface area (Å²) in [5, 5.41) is 8.43. The van der Waals surface area contributed by atoms with Crippen LogP contribution in [-0.2, 0) is 4.79 Å². The molecule has 3 amide bonds. The molecule has 6 nitrogen and oxygen atoms in total. The largest absolute Gasteiger partial charge is 0.482 e. The molecule has 0 bridgehead atoms. The van der Waals surface area contributed by atoms with Gasteiger partial charge in [0.05, 0.1) is 11.7 Å². The molecule has 1 atom stereocenters. The van der Waals surface area contributed by atoms with E-state index in [2.05, 4.69) is 35.9 Å². The summed E-state index contributed by atoms with van der Waals surface area (Å²) in [7, 11) is 0. The lowest BCUT2D eigenvalue weighted by molar-refractivity contribution is -0.118. The summed E-state index contributed by atoms with van der Waals surface area (Å²) in [6, 6.07) is 6.85. The van der Waals surface area contributed by atoms with E-state index < -0.39 is 0 Å². The molecule has 3 N–H and O–H groups in total. The smallest absolute Gasteiger partial charge is 0.319 e. The van der Waals surface area contributed by atoms with Gasteiger partial charge in [0.15, 0.2) is 6.61 Å². The van der Waals surface area contributed by atoms with E-state index in [1.54, 1.807) is 29.5 Å². The predicted molar refractivity (Wildman–Crippen MR) is 94.9 cm³/mol. The van der Waals surface area contributed by atoms with Crippen LogP contribution in [-0.4, -0.2) is 18.5 Å². The van der Waals surface area contributed by atoms with Crippen LogP contribution in [0, 0.1) is 13.8 Å². The third-order valence-electron chi connectivity index (χ3n) is 3.77. The van der Waals surface area contributed by atoms with E-state index in [0.717, 1.165) is 5.56 Å². The molecule has 1 aromatic carbocycles. The van der Waals surface area contributed by atoms with Crippen molar-refractivity contribution in [3.63, 3.8) is 0 Å². The summed E-state index contributed by atoms with van der Waals surface area (Å²) < 4.78 is 5.34. The van der Waals surface area contributed by atoms with Gasteiger partial charge in [0.2, 0.25) is 0 Å². The Hall–Kier alpha value is -2.54. The lowest BCUT2D eigenvalue weighted by atomic mass is 10.1. The van der Waals surface area contributed by atoms with Crippen molar-refractivity contribution in [2.24, 2.45) is 0 Å². The normalized spacial score (nSPS) is 14.2. The van der Waals surface area contributed by atoms with E-state index in [-0.39, 0.29) is 24.6 Å². The Labute approximate surface area is 144 Å². The zero-order valence-corrected chi connectivity index (χ0v) is 14.5. The first-order valence-corrected chi connectivity index (χ1v) is 8.45. The van der Waals surface area contributed by atoms with Crippen LogP contribution in [0.3, 0.4) is 0 Å². The Bertz CT molecular complexity index is 800. The Kier molecular flexibility index (Phi) is 4.44. The highest BCUT2D eigenvalue weighted by Crippen LogP contribution is 2.30. The second-order valence-electron chi connectivity index (χ2n) is 5.74. The highest BCUT2D eigenvalue weighted by atomic mass is 32.1. The van der Waals surface area contributed by atoms with Gasteiger partial charge in [-0.15, -0.1) is 11.3 Å². The number of fused-ring (bicyclic) bond motifs is 1. The van der Waals surface area contributed by atoms with Crippen LogP contribution in [0.15, 0.2) is 24.3 Å². The molecule has 7 heteroatoms. The average molecular weight is 345 g/mol. The third kappa shape index (κ3) is 3.51. The van der Waals surface area contributed by atoms with Gasteiger partial charge in [-0.25, -0.2) is 4.79 Å². The molecule has 0 radical (unpaired) electrons. The molecule has 1 unspecified atom stereocenters. The van der Waals surface area contributed by atoms with Crippen LogP contribution in [0.4, 0.5) is 16.2 Å². The fourth-order valence-corrected chi connectivity index (χ4v) is 3.70. The minimum atomic E-state index is -0.287. The molecular weight excluding hydrogens is 326 g/mol. The molecule has 0 saturated carbocycles. The molecule has 1 aromatic heterocycles. The molecule has 1 aliphatic heterocycles. The number of aryl methyl sites for hydroxylation is 2. The summed E-state index contributed by atoms with van der Waals surface area (Å²) in [5.41, 5.74) is 2.34. The van der Waals surface area contributed by atoms with Crippen LogP contribution in [0.5, 0.6) is 5.75 Å². The van der Waals surface area contributed by atoms with E-state index >= 15 is 0 Å². The first-order valence-electron chi connectivity index (χ1n) is 7.63. The van der Waals surface area contributed by atoms with Gasteiger partial charge in [-0.2, -0.15) is 0 Å². The fraction of sp³-hybridized carbons (Fsp3) is 0.294. The van der Waals surface area contributed by atoms with Crippen molar-refractivity contribution in [3.8, 4) is 5.75 Å². The van der Waals surface area contributed by atoms with Crippen LogP contribution < -0.4 is 20.7 Å². The lowest BCUT2D eigenvalue weighted by Gasteiger charge is -2.19. The monoisotopic (exact) mass is 345 g/mol. The zero-order chi connectivity index (χ0) is 17.3. The van der Waals surface area contributed by atoms with Gasteiger partial charge in [0, 0.05) is 21.5 Å². The Morgan fingerprint density at radius 3 is 2.83 bits per heavy atom. The summed E-state index contributed by atoms with van der Waals surface area (Å²) in [6.45, 7) is 6.05. The van der Waals surface area contributed by atoms with Crippen molar-refractivity contribution in [1.29, 1.82) is 0 Å². The number of carbonyl (C=O) groups is 2. The van der Waals surface area contributed by atoms with Crippen molar-refractivity contribution >= 4 is 34.6 Å². The number of thiophene rings is 1. The number of anilines is 2. The molecule has 1 aliphatic rings. The molecule has 2 aromatic rings. The van der Waals surface area contributed by atoms with Gasteiger partial charge < -0.3 is 20.7 Å². The van der Waals surface area contributed by atoms with Crippen molar-refractivity contribution in [2.75, 3.05) is 17.2 Å². The van der Waals surface area contributed by atoms with E-state index in [4.69, 9.17) is 4.74 Å². The topological polar surface area (TPSA) is 79.5 Å². The number of urea groups is 1. The zero-order valence-electron chi connectivity index (χ0n) is 13.7. The fourth-order valence-electron chi connectivity index (χ4n) is 2.67. The quantitative estimate of drug-likeness (QED) is 0.795. The number of ether oxygens (including phenoxy) is 1. The average Bonchev–Trinajstić information content (AvgIpc) is 2.86. The van der Waals surface area contributed by atoms with E-state index in [1.165, 1.54) is 9.75 Å². The molecule has 3 rings (SSSR count). The van der Waals surface area contributed by atoms with Gasteiger partial charge in [-0.3, -0.25) is 4.79 Å². The SMILES string of the molecule is Cc1cc(C(C)NC(=O)Nc2ccc3c(c2)OCC(=O)N3)c(C)s1. The van der Waals surface area contributed by atoms with Crippen LogP contribution >= 0.6 is 11.3 Å². The standard InChI is InChI=1S/C17H19N3O3S/c1-9-6-13(11(3)24-9)10(2)18-17(22)19-12-4-5-14-15(7-12)23-8-16(21)20-14/h4-7,10H,8H2,1-3H3,(H,20,21)(H2,18,19,22). The van der Waals surface area contributed by atoms with Gasteiger partial charge >= 0.3 is 6.03 Å². The molecule has 126 valence electrons. The summed E-state index contributed by atoms with van der Waals surface area (Å²) in [6.07, 6.45) is 0. The number of nitrogens with one attached hydrogen (secondary N) is 3. The Balaban J connectivity index is 1.65. The number of rotatable bonds is 3. The molecule has 0 aliphatic carbocycles. The van der Waals surface area contributed by atoms with Crippen molar-refractivity contribution in [1.82, 2.24) is 5.32 Å². The maximum absolute atomic E-state index is 12.2. The van der Waals surface area contributed by atoms with Crippen molar-refractivity contribution in [3.05, 3.63) is 39.6 Å². The molecule has 0 spiro atoms. The maximum Gasteiger partial charge on any atom is 0.319 e. The number of hydrogen-bond acceptors (Lipinski definition) is 4. The number of hydrogen-bond donors (Lipinski definition) is 3. The van der Waals surface area contributed by atoms with Crippen LogP contribution in [0.2, 0.25) is 0 Å². The van der Waals surface area contributed by atoms with Crippen LogP contribution in [0.1, 0.15) is 28.3 Å². The lowest BCUT2D eigenvalue weighted by Crippen LogP contribution is -2.31. The first-order chi connectivity index (χ1) is 11.4. The predicted octanol–water partition coefficient (Wildman–Crippen LogP) is 3.58. The molecule has 24 heavy (non-hydrogen) atoms.